The number of methoxy groups -OCH3 is 1. The van der Waals surface area contributed by atoms with Crippen molar-refractivity contribution >= 4 is 17.9 Å². The van der Waals surface area contributed by atoms with E-state index >= 15 is 0 Å². The molecule has 0 radical (unpaired) electrons. The molecule has 7 heteroatoms. The molecule has 19 heavy (non-hydrogen) atoms. The summed E-state index contributed by atoms with van der Waals surface area (Å²) in [6.07, 6.45) is 1.66. The zero-order valence-electron chi connectivity index (χ0n) is 11.3. The molecule has 0 aromatic rings. The predicted molar refractivity (Wildman–Crippen MR) is 68.1 cm³/mol. The molecule has 3 amide bonds. The number of nitrogens with one attached hydrogen (secondary N) is 1. The van der Waals surface area contributed by atoms with Gasteiger partial charge in [0, 0.05) is 32.5 Å². The smallest absolute Gasteiger partial charge is 0.314 e. The number of carbonyl (C=O) groups is 3. The van der Waals surface area contributed by atoms with Crippen molar-refractivity contribution in [3.63, 3.8) is 0 Å². The van der Waals surface area contributed by atoms with Crippen LogP contribution in [0, 0.1) is 5.92 Å². The molecule has 1 heterocycles. The molecule has 0 aromatic heterocycles. The minimum atomic E-state index is -0.502. The van der Waals surface area contributed by atoms with E-state index in [1.807, 2.05) is 0 Å². The summed E-state index contributed by atoms with van der Waals surface area (Å²) in [4.78, 5) is 35.0. The third-order valence-electron chi connectivity index (χ3n) is 3.24. The molecule has 0 saturated carbocycles. The fourth-order valence-electron chi connectivity index (χ4n) is 2.41. The zero-order chi connectivity index (χ0) is 14.4. The number of nitrogens with zero attached hydrogens (tertiary/aromatic N) is 1. The first-order chi connectivity index (χ1) is 8.92. The number of nitrogens with two attached hydrogens (primary N) is 1. The van der Waals surface area contributed by atoms with Gasteiger partial charge in [0.2, 0.25) is 5.91 Å². The van der Waals surface area contributed by atoms with Gasteiger partial charge in [-0.15, -0.1) is 0 Å². The van der Waals surface area contributed by atoms with Crippen LogP contribution in [-0.4, -0.2) is 49.0 Å². The number of rotatable bonds is 4. The van der Waals surface area contributed by atoms with E-state index in [1.165, 1.54) is 18.9 Å². The monoisotopic (exact) mass is 271 g/mol. The lowest BCUT2D eigenvalue weighted by molar-refractivity contribution is -0.141. The Morgan fingerprint density at radius 1 is 1.37 bits per heavy atom. The van der Waals surface area contributed by atoms with Gasteiger partial charge in [0.1, 0.15) is 0 Å². The van der Waals surface area contributed by atoms with E-state index in [0.717, 1.165) is 6.42 Å². The van der Waals surface area contributed by atoms with Crippen LogP contribution in [0.4, 0.5) is 4.79 Å². The number of likely N-dealkylation sites (tertiary alicyclic amines) is 1. The number of carbonyl (C=O) groups excluding carboxylic acids is 3. The Morgan fingerprint density at radius 2 is 2.05 bits per heavy atom. The quantitative estimate of drug-likeness (QED) is 0.694. The molecule has 1 rings (SSSR count). The largest absolute Gasteiger partial charge is 0.469 e. The fraction of sp³-hybridized carbons (Fsp3) is 0.750. The second-order valence-electron chi connectivity index (χ2n) is 4.86. The number of primary amides is 1. The van der Waals surface area contributed by atoms with E-state index < -0.39 is 6.03 Å². The Bertz CT molecular complexity index is 359. The molecular formula is C12H21N3O4. The first kappa shape index (κ1) is 15.3. The third-order valence-corrected chi connectivity index (χ3v) is 3.24. The molecule has 0 aromatic carbocycles. The highest BCUT2D eigenvalue weighted by Gasteiger charge is 2.29. The van der Waals surface area contributed by atoms with Crippen LogP contribution >= 0.6 is 0 Å². The third kappa shape index (κ3) is 5.15. The van der Waals surface area contributed by atoms with Crippen LogP contribution in [0.3, 0.4) is 0 Å². The Balaban J connectivity index is 2.56. The van der Waals surface area contributed by atoms with Crippen molar-refractivity contribution in [3.05, 3.63) is 0 Å². The lowest BCUT2D eigenvalue weighted by Crippen LogP contribution is -2.53. The standard InChI is InChI=1S/C12H21N3O4/c1-8(16)14-10-5-9(3-4-11(17)19-2)6-15(7-10)12(13)18/h9-10H,3-7H2,1-2H3,(H2,13,18)(H,14,16). The summed E-state index contributed by atoms with van der Waals surface area (Å²) in [6, 6.07) is -0.612. The second kappa shape index (κ2) is 6.96. The van der Waals surface area contributed by atoms with Crippen LogP contribution in [0.2, 0.25) is 0 Å². The van der Waals surface area contributed by atoms with Gasteiger partial charge in [-0.25, -0.2) is 4.79 Å². The van der Waals surface area contributed by atoms with Crippen molar-refractivity contribution < 1.29 is 19.1 Å². The number of urea groups is 1. The van der Waals surface area contributed by atoms with Crippen LogP contribution in [0.1, 0.15) is 26.2 Å². The van der Waals surface area contributed by atoms with Gasteiger partial charge in [0.25, 0.3) is 0 Å². The first-order valence-corrected chi connectivity index (χ1v) is 6.30. The lowest BCUT2D eigenvalue weighted by atomic mass is 9.90. The van der Waals surface area contributed by atoms with E-state index in [9.17, 15) is 14.4 Å². The minimum Gasteiger partial charge on any atom is -0.469 e. The highest BCUT2D eigenvalue weighted by molar-refractivity contribution is 5.74. The van der Waals surface area contributed by atoms with Crippen LogP contribution in [0.25, 0.3) is 0 Å². The highest BCUT2D eigenvalue weighted by atomic mass is 16.5. The molecule has 2 atom stereocenters. The van der Waals surface area contributed by atoms with Gasteiger partial charge in [0.05, 0.1) is 7.11 Å². The number of hydrogen-bond acceptors (Lipinski definition) is 4. The van der Waals surface area contributed by atoms with Crippen molar-refractivity contribution in [2.45, 2.75) is 32.2 Å². The van der Waals surface area contributed by atoms with Crippen molar-refractivity contribution in [1.82, 2.24) is 10.2 Å². The molecule has 0 spiro atoms. The van der Waals surface area contributed by atoms with Gasteiger partial charge in [-0.3, -0.25) is 9.59 Å². The Morgan fingerprint density at radius 3 is 2.58 bits per heavy atom. The number of esters is 1. The van der Waals surface area contributed by atoms with E-state index in [2.05, 4.69) is 10.1 Å². The predicted octanol–water partition coefficient (Wildman–Crippen LogP) is -0.155. The van der Waals surface area contributed by atoms with Gasteiger partial charge in [-0.05, 0) is 18.8 Å². The average molecular weight is 271 g/mol. The molecule has 1 fully saturated rings. The van der Waals surface area contributed by atoms with Crippen LogP contribution < -0.4 is 11.1 Å². The fourth-order valence-corrected chi connectivity index (χ4v) is 2.41. The second-order valence-corrected chi connectivity index (χ2v) is 4.86. The summed E-state index contributed by atoms with van der Waals surface area (Å²) in [7, 11) is 1.35. The molecule has 0 aliphatic carbocycles. The molecule has 3 N–H and O–H groups in total. The Labute approximate surface area is 112 Å². The zero-order valence-corrected chi connectivity index (χ0v) is 11.3. The van der Waals surface area contributed by atoms with Gasteiger partial charge >= 0.3 is 12.0 Å². The summed E-state index contributed by atoms with van der Waals surface area (Å²) in [6.45, 7) is 2.37. The molecule has 0 bridgehead atoms. The van der Waals surface area contributed by atoms with Crippen LogP contribution in [-0.2, 0) is 14.3 Å². The minimum absolute atomic E-state index is 0.110. The molecule has 108 valence electrons. The van der Waals surface area contributed by atoms with E-state index in [-0.39, 0.29) is 23.8 Å². The van der Waals surface area contributed by atoms with Gasteiger partial charge in [0.15, 0.2) is 0 Å². The maximum Gasteiger partial charge on any atom is 0.314 e. The number of piperidine rings is 1. The molecule has 1 aliphatic rings. The van der Waals surface area contributed by atoms with Crippen LogP contribution in [0.5, 0.6) is 0 Å². The number of ether oxygens (including phenoxy) is 1. The summed E-state index contributed by atoms with van der Waals surface area (Å²) < 4.78 is 4.59. The molecule has 7 nitrogen and oxygen atoms in total. The molecule has 2 unspecified atom stereocenters. The summed E-state index contributed by atoms with van der Waals surface area (Å²) in [5.41, 5.74) is 5.29. The van der Waals surface area contributed by atoms with Crippen molar-refractivity contribution in [1.29, 1.82) is 0 Å². The average Bonchev–Trinajstić information content (AvgIpc) is 2.34. The molecule has 1 aliphatic heterocycles. The maximum absolute atomic E-state index is 11.3. The van der Waals surface area contributed by atoms with E-state index in [1.54, 1.807) is 0 Å². The normalized spacial score (nSPS) is 22.7. The topological polar surface area (TPSA) is 102 Å². The van der Waals surface area contributed by atoms with Crippen molar-refractivity contribution in [2.75, 3.05) is 20.2 Å². The van der Waals surface area contributed by atoms with Crippen molar-refractivity contribution in [2.24, 2.45) is 11.7 Å². The Kier molecular flexibility index (Phi) is 5.59. The van der Waals surface area contributed by atoms with E-state index in [0.29, 0.717) is 25.9 Å². The SMILES string of the molecule is COC(=O)CCC1CC(NC(C)=O)CN(C(N)=O)C1. The van der Waals surface area contributed by atoms with Crippen molar-refractivity contribution in [3.8, 4) is 0 Å². The molecular weight excluding hydrogens is 250 g/mol. The Hall–Kier alpha value is -1.79. The summed E-state index contributed by atoms with van der Waals surface area (Å²) in [5.74, 6) is -0.271. The lowest BCUT2D eigenvalue weighted by Gasteiger charge is -2.37. The van der Waals surface area contributed by atoms with Gasteiger partial charge in [-0.1, -0.05) is 0 Å². The number of hydrogen-bond donors (Lipinski definition) is 2. The van der Waals surface area contributed by atoms with Gasteiger partial charge in [-0.2, -0.15) is 0 Å². The number of amides is 3. The maximum atomic E-state index is 11.3. The van der Waals surface area contributed by atoms with Crippen LogP contribution in [0.15, 0.2) is 0 Å². The summed E-state index contributed by atoms with van der Waals surface area (Å²) >= 11 is 0. The van der Waals surface area contributed by atoms with E-state index in [4.69, 9.17) is 5.73 Å². The first-order valence-electron chi connectivity index (χ1n) is 6.30. The highest BCUT2D eigenvalue weighted by Crippen LogP contribution is 2.21. The molecule has 1 saturated heterocycles. The summed E-state index contributed by atoms with van der Waals surface area (Å²) in [5, 5.41) is 2.79. The van der Waals surface area contributed by atoms with Gasteiger partial charge < -0.3 is 20.7 Å².